The molecule has 2 unspecified atom stereocenters. The van der Waals surface area contributed by atoms with E-state index in [-0.39, 0.29) is 17.9 Å². The summed E-state index contributed by atoms with van der Waals surface area (Å²) in [5, 5.41) is 2.51. The van der Waals surface area contributed by atoms with Gasteiger partial charge in [-0.15, -0.1) is 0 Å². The van der Waals surface area contributed by atoms with Crippen LogP contribution in [0.15, 0.2) is 42.5 Å². The van der Waals surface area contributed by atoms with Crippen LogP contribution in [0, 0.1) is 11.6 Å². The van der Waals surface area contributed by atoms with Gasteiger partial charge in [0.05, 0.1) is 12.2 Å². The molecule has 2 aromatic carbocycles. The Bertz CT molecular complexity index is 750. The summed E-state index contributed by atoms with van der Waals surface area (Å²) in [5.41, 5.74) is 1.62. The minimum atomic E-state index is -0.732. The molecule has 2 aromatic rings. The van der Waals surface area contributed by atoms with Crippen molar-refractivity contribution in [3.8, 4) is 0 Å². The normalized spacial score (nSPS) is 20.8. The van der Waals surface area contributed by atoms with E-state index in [1.165, 1.54) is 0 Å². The first kappa shape index (κ1) is 18.5. The summed E-state index contributed by atoms with van der Waals surface area (Å²) in [5.74, 6) is -1.87. The maximum atomic E-state index is 13.2. The number of anilines is 1. The molecule has 1 N–H and O–H groups in total. The van der Waals surface area contributed by atoms with E-state index in [1.54, 1.807) is 12.1 Å². The van der Waals surface area contributed by atoms with Crippen molar-refractivity contribution in [3.63, 3.8) is 0 Å². The monoisotopic (exact) mass is 360 g/mol. The minimum absolute atomic E-state index is 0.0906. The number of amides is 1. The molecule has 1 amide bonds. The first-order valence-corrected chi connectivity index (χ1v) is 8.63. The zero-order valence-electron chi connectivity index (χ0n) is 14.8. The Morgan fingerprint density at radius 2 is 1.65 bits per heavy atom. The van der Waals surface area contributed by atoms with Crippen LogP contribution in [0.4, 0.5) is 14.5 Å². The number of morpholine rings is 1. The molecular weight excluding hydrogens is 338 g/mol. The van der Waals surface area contributed by atoms with Gasteiger partial charge in [-0.05, 0) is 43.7 Å². The Labute approximate surface area is 151 Å². The van der Waals surface area contributed by atoms with Gasteiger partial charge in [0.1, 0.15) is 11.6 Å². The van der Waals surface area contributed by atoms with Crippen molar-refractivity contribution in [2.24, 2.45) is 0 Å². The molecule has 1 aliphatic rings. The van der Waals surface area contributed by atoms with Gasteiger partial charge in [0.2, 0.25) is 0 Å². The number of rotatable bonds is 4. The van der Waals surface area contributed by atoms with Gasteiger partial charge in [-0.2, -0.15) is 0 Å². The van der Waals surface area contributed by atoms with Crippen LogP contribution >= 0.6 is 0 Å². The Morgan fingerprint density at radius 1 is 1.08 bits per heavy atom. The maximum Gasteiger partial charge on any atom is 0.255 e. The highest BCUT2D eigenvalue weighted by atomic mass is 19.1. The highest BCUT2D eigenvalue weighted by Crippen LogP contribution is 2.17. The zero-order valence-corrected chi connectivity index (χ0v) is 14.8. The molecule has 0 saturated carbocycles. The van der Waals surface area contributed by atoms with Gasteiger partial charge in [0.15, 0.2) is 0 Å². The molecule has 138 valence electrons. The molecule has 26 heavy (non-hydrogen) atoms. The van der Waals surface area contributed by atoms with Gasteiger partial charge < -0.3 is 10.1 Å². The lowest BCUT2D eigenvalue weighted by Crippen LogP contribution is -2.44. The van der Waals surface area contributed by atoms with E-state index >= 15 is 0 Å². The standard InChI is InChI=1S/C20H22F2N2O2/c1-13-10-24(11-14(2)26-13)12-15-3-5-16(6-4-15)20(25)23-19-8-17(21)7-18(22)9-19/h3-9,13-14H,10-12H2,1-2H3,(H,23,25). The second-order valence-electron chi connectivity index (χ2n) is 6.76. The van der Waals surface area contributed by atoms with Crippen molar-refractivity contribution in [2.45, 2.75) is 32.6 Å². The SMILES string of the molecule is CC1CN(Cc2ccc(C(=O)Nc3cc(F)cc(F)c3)cc2)CC(C)O1. The quantitative estimate of drug-likeness (QED) is 0.901. The number of hydrogen-bond donors (Lipinski definition) is 1. The van der Waals surface area contributed by atoms with Gasteiger partial charge >= 0.3 is 0 Å². The molecule has 0 bridgehead atoms. The number of nitrogens with one attached hydrogen (secondary N) is 1. The maximum absolute atomic E-state index is 13.2. The largest absolute Gasteiger partial charge is 0.373 e. The van der Waals surface area contributed by atoms with Crippen LogP contribution in [-0.4, -0.2) is 36.1 Å². The lowest BCUT2D eigenvalue weighted by molar-refractivity contribution is -0.0704. The van der Waals surface area contributed by atoms with Crippen molar-refractivity contribution in [2.75, 3.05) is 18.4 Å². The zero-order chi connectivity index (χ0) is 18.7. The van der Waals surface area contributed by atoms with E-state index in [1.807, 2.05) is 12.1 Å². The van der Waals surface area contributed by atoms with Crippen molar-refractivity contribution in [3.05, 3.63) is 65.2 Å². The molecule has 1 heterocycles. The number of carbonyl (C=O) groups is 1. The summed E-state index contributed by atoms with van der Waals surface area (Å²) in [6.45, 7) is 6.65. The van der Waals surface area contributed by atoms with Crippen LogP contribution < -0.4 is 5.32 Å². The lowest BCUT2D eigenvalue weighted by Gasteiger charge is -2.35. The summed E-state index contributed by atoms with van der Waals surface area (Å²) in [4.78, 5) is 14.6. The second-order valence-corrected chi connectivity index (χ2v) is 6.76. The Balaban J connectivity index is 1.62. The fraction of sp³-hybridized carbons (Fsp3) is 0.350. The predicted octanol–water partition coefficient (Wildman–Crippen LogP) is 3.83. The van der Waals surface area contributed by atoms with Crippen molar-refractivity contribution >= 4 is 11.6 Å². The summed E-state index contributed by atoms with van der Waals surface area (Å²) in [6, 6.07) is 10.1. The molecule has 2 atom stereocenters. The van der Waals surface area contributed by atoms with E-state index in [2.05, 4.69) is 24.1 Å². The van der Waals surface area contributed by atoms with E-state index in [0.29, 0.717) is 5.56 Å². The Morgan fingerprint density at radius 3 is 2.23 bits per heavy atom. The average molecular weight is 360 g/mol. The van der Waals surface area contributed by atoms with E-state index in [9.17, 15) is 13.6 Å². The number of halogens is 2. The van der Waals surface area contributed by atoms with Crippen LogP contribution in [0.5, 0.6) is 0 Å². The van der Waals surface area contributed by atoms with E-state index in [4.69, 9.17) is 4.74 Å². The highest BCUT2D eigenvalue weighted by molar-refractivity contribution is 6.04. The van der Waals surface area contributed by atoms with Crippen LogP contribution in [-0.2, 0) is 11.3 Å². The van der Waals surface area contributed by atoms with Crippen LogP contribution in [0.2, 0.25) is 0 Å². The number of carbonyl (C=O) groups excluding carboxylic acids is 1. The molecule has 0 aromatic heterocycles. The van der Waals surface area contributed by atoms with Gasteiger partial charge in [0.25, 0.3) is 5.91 Å². The number of benzene rings is 2. The molecule has 0 radical (unpaired) electrons. The third-order valence-electron chi connectivity index (χ3n) is 4.24. The number of hydrogen-bond acceptors (Lipinski definition) is 3. The number of ether oxygens (including phenoxy) is 1. The fourth-order valence-electron chi connectivity index (χ4n) is 3.26. The topological polar surface area (TPSA) is 41.6 Å². The summed E-state index contributed by atoms with van der Waals surface area (Å²) in [7, 11) is 0. The summed E-state index contributed by atoms with van der Waals surface area (Å²) >= 11 is 0. The van der Waals surface area contributed by atoms with Crippen LogP contribution in [0.3, 0.4) is 0 Å². The van der Waals surface area contributed by atoms with Crippen molar-refractivity contribution < 1.29 is 18.3 Å². The molecule has 6 heteroatoms. The average Bonchev–Trinajstić information content (AvgIpc) is 2.53. The summed E-state index contributed by atoms with van der Waals surface area (Å²) in [6.07, 6.45) is 0.408. The van der Waals surface area contributed by atoms with Crippen LogP contribution in [0.1, 0.15) is 29.8 Å². The van der Waals surface area contributed by atoms with Gasteiger partial charge in [-0.1, -0.05) is 12.1 Å². The lowest BCUT2D eigenvalue weighted by atomic mass is 10.1. The van der Waals surface area contributed by atoms with Crippen molar-refractivity contribution in [1.82, 2.24) is 4.90 Å². The van der Waals surface area contributed by atoms with E-state index in [0.717, 1.165) is 43.4 Å². The molecular formula is C20H22F2N2O2. The Hall–Kier alpha value is -2.31. The summed E-state index contributed by atoms with van der Waals surface area (Å²) < 4.78 is 32.1. The van der Waals surface area contributed by atoms with Gasteiger partial charge in [-0.25, -0.2) is 8.78 Å². The first-order valence-electron chi connectivity index (χ1n) is 8.63. The highest BCUT2D eigenvalue weighted by Gasteiger charge is 2.22. The third-order valence-corrected chi connectivity index (χ3v) is 4.24. The minimum Gasteiger partial charge on any atom is -0.373 e. The second kappa shape index (κ2) is 7.93. The molecule has 1 aliphatic heterocycles. The van der Waals surface area contributed by atoms with Gasteiger partial charge in [0, 0.05) is 37.0 Å². The van der Waals surface area contributed by atoms with Crippen LogP contribution in [0.25, 0.3) is 0 Å². The molecule has 0 spiro atoms. The molecule has 4 nitrogen and oxygen atoms in total. The number of nitrogens with zero attached hydrogens (tertiary/aromatic N) is 1. The first-order chi connectivity index (χ1) is 12.4. The third kappa shape index (κ3) is 4.86. The molecule has 1 fully saturated rings. The fourth-order valence-corrected chi connectivity index (χ4v) is 3.26. The molecule has 0 aliphatic carbocycles. The molecule has 3 rings (SSSR count). The Kier molecular flexibility index (Phi) is 5.64. The van der Waals surface area contributed by atoms with Crippen molar-refractivity contribution in [1.29, 1.82) is 0 Å². The molecule has 1 saturated heterocycles. The van der Waals surface area contributed by atoms with Gasteiger partial charge in [-0.3, -0.25) is 9.69 Å². The predicted molar refractivity (Wildman–Crippen MR) is 96.0 cm³/mol. The van der Waals surface area contributed by atoms with E-state index < -0.39 is 17.5 Å². The smallest absolute Gasteiger partial charge is 0.255 e.